The van der Waals surface area contributed by atoms with Gasteiger partial charge < -0.3 is 18.2 Å². The second-order valence-electron chi connectivity index (χ2n) is 5.35. The molecular formula is C17H15N5O3S. The Hall–Kier alpha value is -3.07. The number of furan rings is 1. The summed E-state index contributed by atoms with van der Waals surface area (Å²) in [7, 11) is 1.63. The van der Waals surface area contributed by atoms with Gasteiger partial charge in [-0.15, -0.1) is 10.2 Å². The zero-order valence-corrected chi connectivity index (χ0v) is 14.7. The molecule has 0 fully saturated rings. The first-order valence-electron chi connectivity index (χ1n) is 7.82. The first kappa shape index (κ1) is 16.4. The van der Waals surface area contributed by atoms with Crippen LogP contribution in [0.1, 0.15) is 11.6 Å². The lowest BCUT2D eigenvalue weighted by Gasteiger charge is -2.02. The topological polar surface area (TPSA) is 92.0 Å². The van der Waals surface area contributed by atoms with Crippen LogP contribution in [0.25, 0.3) is 11.5 Å². The van der Waals surface area contributed by atoms with Gasteiger partial charge in [0.15, 0.2) is 11.0 Å². The third-order valence-corrected chi connectivity index (χ3v) is 4.60. The predicted octanol–water partition coefficient (Wildman–Crippen LogP) is 3.27. The number of hydrogen-bond acceptors (Lipinski definition) is 8. The summed E-state index contributed by atoms with van der Waals surface area (Å²) in [4.78, 5) is 4.43. The highest BCUT2D eigenvalue weighted by Gasteiger charge is 2.12. The minimum absolute atomic E-state index is 0.473. The van der Waals surface area contributed by atoms with Crippen molar-refractivity contribution in [1.29, 1.82) is 0 Å². The standard InChI is InChI=1S/C17H15N5O3S/c1-23-13-6-4-12(5-7-13)16-19-15(21-25-16)10-26-17-20-18-11-22(17)9-14-3-2-8-24-14/h2-8,11H,9-10H2,1H3. The number of rotatable bonds is 7. The van der Waals surface area contributed by atoms with E-state index < -0.39 is 0 Å². The Bertz CT molecular complexity index is 963. The van der Waals surface area contributed by atoms with Crippen LogP contribution >= 0.6 is 11.8 Å². The minimum atomic E-state index is 0.473. The molecular weight excluding hydrogens is 354 g/mol. The highest BCUT2D eigenvalue weighted by Crippen LogP contribution is 2.24. The van der Waals surface area contributed by atoms with E-state index in [0.29, 0.717) is 24.0 Å². The molecule has 0 spiro atoms. The minimum Gasteiger partial charge on any atom is -0.497 e. The molecule has 0 amide bonds. The van der Waals surface area contributed by atoms with Crippen molar-refractivity contribution in [2.75, 3.05) is 7.11 Å². The summed E-state index contributed by atoms with van der Waals surface area (Å²) < 4.78 is 17.8. The van der Waals surface area contributed by atoms with Gasteiger partial charge in [-0.25, -0.2) is 0 Å². The van der Waals surface area contributed by atoms with Crippen LogP contribution < -0.4 is 4.74 Å². The normalized spacial score (nSPS) is 11.0. The van der Waals surface area contributed by atoms with Gasteiger partial charge in [-0.3, -0.25) is 0 Å². The lowest BCUT2D eigenvalue weighted by atomic mass is 10.2. The molecule has 0 radical (unpaired) electrons. The zero-order valence-electron chi connectivity index (χ0n) is 13.9. The molecule has 3 aromatic heterocycles. The highest BCUT2D eigenvalue weighted by molar-refractivity contribution is 7.98. The smallest absolute Gasteiger partial charge is 0.257 e. The van der Waals surface area contributed by atoms with Crippen LogP contribution in [-0.4, -0.2) is 32.0 Å². The number of nitrogens with zero attached hydrogens (tertiary/aromatic N) is 5. The molecule has 8 nitrogen and oxygen atoms in total. The van der Waals surface area contributed by atoms with Gasteiger partial charge in [0.25, 0.3) is 5.89 Å². The van der Waals surface area contributed by atoms with Crippen molar-refractivity contribution in [1.82, 2.24) is 24.9 Å². The number of thioether (sulfide) groups is 1. The summed E-state index contributed by atoms with van der Waals surface area (Å²) in [6.45, 7) is 0.575. The Morgan fingerprint density at radius 3 is 2.85 bits per heavy atom. The fourth-order valence-electron chi connectivity index (χ4n) is 2.33. The quantitative estimate of drug-likeness (QED) is 0.458. The van der Waals surface area contributed by atoms with Crippen molar-refractivity contribution in [3.05, 3.63) is 60.6 Å². The van der Waals surface area contributed by atoms with Crippen molar-refractivity contribution in [2.45, 2.75) is 17.5 Å². The van der Waals surface area contributed by atoms with E-state index in [1.54, 1.807) is 19.7 Å². The molecule has 4 rings (SSSR count). The molecule has 0 bridgehead atoms. The van der Waals surface area contributed by atoms with Gasteiger partial charge in [-0.2, -0.15) is 4.98 Å². The molecule has 0 saturated carbocycles. The molecule has 9 heteroatoms. The summed E-state index contributed by atoms with van der Waals surface area (Å²) in [6, 6.07) is 11.2. The molecule has 0 unspecified atom stereocenters. The molecule has 26 heavy (non-hydrogen) atoms. The van der Waals surface area contributed by atoms with Gasteiger partial charge in [0.05, 0.1) is 25.7 Å². The van der Waals surface area contributed by atoms with Crippen LogP contribution in [-0.2, 0) is 12.3 Å². The van der Waals surface area contributed by atoms with E-state index in [2.05, 4.69) is 20.3 Å². The van der Waals surface area contributed by atoms with Gasteiger partial charge in [-0.1, -0.05) is 16.9 Å². The maximum atomic E-state index is 5.36. The van der Waals surface area contributed by atoms with Gasteiger partial charge >= 0.3 is 0 Å². The fourth-order valence-corrected chi connectivity index (χ4v) is 3.09. The monoisotopic (exact) mass is 369 g/mol. The third-order valence-electron chi connectivity index (χ3n) is 3.62. The molecule has 0 N–H and O–H groups in total. The average molecular weight is 369 g/mol. The number of methoxy groups -OCH3 is 1. The first-order chi connectivity index (χ1) is 12.8. The Balaban J connectivity index is 1.41. The summed E-state index contributed by atoms with van der Waals surface area (Å²) in [5.41, 5.74) is 0.843. The fraction of sp³-hybridized carbons (Fsp3) is 0.176. The van der Waals surface area contributed by atoms with E-state index in [1.165, 1.54) is 11.8 Å². The van der Waals surface area contributed by atoms with Crippen LogP contribution in [0.3, 0.4) is 0 Å². The molecule has 0 atom stereocenters. The Morgan fingerprint density at radius 1 is 1.19 bits per heavy atom. The number of benzene rings is 1. The van der Waals surface area contributed by atoms with Gasteiger partial charge in [0.1, 0.15) is 17.8 Å². The van der Waals surface area contributed by atoms with Crippen molar-refractivity contribution >= 4 is 11.8 Å². The molecule has 132 valence electrons. The molecule has 4 aromatic rings. The molecule has 0 aliphatic carbocycles. The Kier molecular flexibility index (Phi) is 4.69. The van der Waals surface area contributed by atoms with E-state index in [4.69, 9.17) is 13.7 Å². The van der Waals surface area contributed by atoms with Crippen LogP contribution in [0.5, 0.6) is 5.75 Å². The number of aromatic nitrogens is 5. The Labute approximate surface area is 153 Å². The number of ether oxygens (including phenoxy) is 1. The molecule has 0 aliphatic rings. The maximum Gasteiger partial charge on any atom is 0.257 e. The maximum absolute atomic E-state index is 5.36. The molecule has 0 aliphatic heterocycles. The van der Waals surface area contributed by atoms with E-state index >= 15 is 0 Å². The van der Waals surface area contributed by atoms with E-state index in [9.17, 15) is 0 Å². The van der Waals surface area contributed by atoms with Crippen molar-refractivity contribution < 1.29 is 13.7 Å². The molecule has 1 aromatic carbocycles. The van der Waals surface area contributed by atoms with E-state index in [0.717, 1.165) is 22.2 Å². The second kappa shape index (κ2) is 7.44. The number of hydrogen-bond donors (Lipinski definition) is 0. The zero-order chi connectivity index (χ0) is 17.8. The Morgan fingerprint density at radius 2 is 2.08 bits per heavy atom. The summed E-state index contributed by atoms with van der Waals surface area (Å²) in [5.74, 6) is 3.21. The summed E-state index contributed by atoms with van der Waals surface area (Å²) >= 11 is 1.49. The summed E-state index contributed by atoms with van der Waals surface area (Å²) in [6.07, 6.45) is 3.32. The first-order valence-corrected chi connectivity index (χ1v) is 8.80. The van der Waals surface area contributed by atoms with Crippen LogP contribution in [0.4, 0.5) is 0 Å². The van der Waals surface area contributed by atoms with Crippen LogP contribution in [0.2, 0.25) is 0 Å². The van der Waals surface area contributed by atoms with E-state index in [1.807, 2.05) is 41.0 Å². The van der Waals surface area contributed by atoms with Gasteiger partial charge in [-0.05, 0) is 36.4 Å². The van der Waals surface area contributed by atoms with Gasteiger partial charge in [0.2, 0.25) is 0 Å². The second-order valence-corrected chi connectivity index (χ2v) is 6.30. The van der Waals surface area contributed by atoms with Gasteiger partial charge in [0, 0.05) is 5.56 Å². The van der Waals surface area contributed by atoms with Crippen LogP contribution in [0.15, 0.2) is 63.1 Å². The van der Waals surface area contributed by atoms with E-state index in [-0.39, 0.29) is 0 Å². The lowest BCUT2D eigenvalue weighted by molar-refractivity contribution is 0.414. The lowest BCUT2D eigenvalue weighted by Crippen LogP contribution is -1.99. The highest BCUT2D eigenvalue weighted by atomic mass is 32.2. The van der Waals surface area contributed by atoms with Crippen LogP contribution in [0, 0.1) is 0 Å². The average Bonchev–Trinajstić information content (AvgIpc) is 3.43. The third kappa shape index (κ3) is 3.62. The predicted molar refractivity (Wildman–Crippen MR) is 93.7 cm³/mol. The van der Waals surface area contributed by atoms with Crippen molar-refractivity contribution in [3.63, 3.8) is 0 Å². The molecule has 0 saturated heterocycles. The van der Waals surface area contributed by atoms with Crippen molar-refractivity contribution in [3.8, 4) is 17.2 Å². The summed E-state index contributed by atoms with van der Waals surface area (Å²) in [5, 5.41) is 12.9. The SMILES string of the molecule is COc1ccc(-c2nc(CSc3nncn3Cc3ccco3)no2)cc1. The largest absolute Gasteiger partial charge is 0.497 e. The van der Waals surface area contributed by atoms with Crippen molar-refractivity contribution in [2.24, 2.45) is 0 Å². The molecule has 3 heterocycles.